The zero-order valence-electron chi connectivity index (χ0n) is 11.5. The van der Waals surface area contributed by atoms with E-state index in [9.17, 15) is 10.1 Å². The van der Waals surface area contributed by atoms with Gasteiger partial charge in [0.1, 0.15) is 5.01 Å². The van der Waals surface area contributed by atoms with Gasteiger partial charge in [0, 0.05) is 13.1 Å². The molecule has 3 rings (SSSR count). The van der Waals surface area contributed by atoms with Gasteiger partial charge in [0.05, 0.1) is 36.0 Å². The van der Waals surface area contributed by atoms with Crippen molar-refractivity contribution in [2.24, 2.45) is 0 Å². The second-order valence-electron chi connectivity index (χ2n) is 4.94. The van der Waals surface area contributed by atoms with E-state index in [1.54, 1.807) is 0 Å². The third-order valence-electron chi connectivity index (χ3n) is 3.49. The average molecular weight is 301 g/mol. The molecule has 1 aliphatic rings. The third kappa shape index (κ3) is 3.10. The molecule has 2 heterocycles. The number of nitriles is 1. The zero-order valence-corrected chi connectivity index (χ0v) is 12.3. The molecule has 0 spiro atoms. The summed E-state index contributed by atoms with van der Waals surface area (Å²) in [5.41, 5.74) is 0.844. The Kier molecular flexibility index (Phi) is 4.25. The second kappa shape index (κ2) is 6.31. The maximum atomic E-state index is 12.4. The van der Waals surface area contributed by atoms with Gasteiger partial charge in [-0.1, -0.05) is 12.1 Å². The molecular weight excluding hydrogens is 286 g/mol. The summed E-state index contributed by atoms with van der Waals surface area (Å²) in [6, 6.07) is 9.80. The molecule has 0 bridgehead atoms. The third-order valence-corrected chi connectivity index (χ3v) is 4.59. The highest BCUT2D eigenvalue weighted by molar-refractivity contribution is 7.18. The molecule has 0 saturated carbocycles. The Labute approximate surface area is 126 Å². The smallest absolute Gasteiger partial charge is 0.170 e. The first kappa shape index (κ1) is 14.1. The minimum absolute atomic E-state index is 0.0848. The SMILES string of the molecule is N#C[C@@H](C(=O)CN1CCOCC1)c1nc2ccccc2s1. The Hall–Kier alpha value is -1.81. The fourth-order valence-electron chi connectivity index (χ4n) is 2.35. The van der Waals surface area contributed by atoms with Crippen LogP contribution in [0.25, 0.3) is 10.2 Å². The summed E-state index contributed by atoms with van der Waals surface area (Å²) < 4.78 is 6.27. The summed E-state index contributed by atoms with van der Waals surface area (Å²) >= 11 is 1.42. The molecule has 108 valence electrons. The Bertz CT molecular complexity index is 653. The normalized spacial score (nSPS) is 17.5. The summed E-state index contributed by atoms with van der Waals surface area (Å²) in [5, 5.41) is 9.95. The number of aromatic nitrogens is 1. The van der Waals surface area contributed by atoms with Crippen LogP contribution in [0.4, 0.5) is 0 Å². The lowest BCUT2D eigenvalue weighted by atomic mass is 10.1. The highest BCUT2D eigenvalue weighted by atomic mass is 32.1. The highest BCUT2D eigenvalue weighted by Gasteiger charge is 2.26. The number of carbonyl (C=O) groups is 1. The molecule has 5 nitrogen and oxygen atoms in total. The van der Waals surface area contributed by atoms with Crippen molar-refractivity contribution in [2.45, 2.75) is 5.92 Å². The summed E-state index contributed by atoms with van der Waals surface area (Å²) in [5.74, 6) is -0.858. The molecule has 1 fully saturated rings. The maximum absolute atomic E-state index is 12.4. The van der Waals surface area contributed by atoms with Gasteiger partial charge in [0.15, 0.2) is 11.7 Å². The Morgan fingerprint density at radius 3 is 2.90 bits per heavy atom. The average Bonchev–Trinajstić information content (AvgIpc) is 2.92. The number of ketones is 1. The molecule has 1 aromatic carbocycles. The lowest BCUT2D eigenvalue weighted by Gasteiger charge is -2.26. The quantitative estimate of drug-likeness (QED) is 0.861. The Morgan fingerprint density at radius 2 is 2.19 bits per heavy atom. The van der Waals surface area contributed by atoms with Crippen LogP contribution < -0.4 is 0 Å². The molecule has 0 radical (unpaired) electrons. The summed E-state index contributed by atoms with van der Waals surface area (Å²) in [6.07, 6.45) is 0. The summed E-state index contributed by atoms with van der Waals surface area (Å²) in [6.45, 7) is 3.06. The monoisotopic (exact) mass is 301 g/mol. The fourth-order valence-corrected chi connectivity index (χ4v) is 3.39. The number of hydrogen-bond acceptors (Lipinski definition) is 6. The van der Waals surface area contributed by atoms with E-state index < -0.39 is 5.92 Å². The van der Waals surface area contributed by atoms with Gasteiger partial charge in [0.2, 0.25) is 0 Å². The first-order valence-corrected chi connectivity index (χ1v) is 7.67. The summed E-state index contributed by atoms with van der Waals surface area (Å²) in [7, 11) is 0. The molecule has 0 amide bonds. The molecule has 2 aromatic rings. The number of ether oxygens (including phenoxy) is 1. The van der Waals surface area contributed by atoms with E-state index in [1.807, 2.05) is 29.2 Å². The molecule has 1 saturated heterocycles. The van der Waals surface area contributed by atoms with Crippen molar-refractivity contribution in [3.05, 3.63) is 29.3 Å². The number of benzene rings is 1. The number of carbonyl (C=O) groups excluding carboxylic acids is 1. The minimum atomic E-state index is -0.773. The second-order valence-corrected chi connectivity index (χ2v) is 6.00. The molecule has 0 unspecified atom stereocenters. The predicted octanol–water partition coefficient (Wildman–Crippen LogP) is 1.80. The van der Waals surface area contributed by atoms with Crippen LogP contribution in [0.1, 0.15) is 10.9 Å². The van der Waals surface area contributed by atoms with Crippen LogP contribution >= 0.6 is 11.3 Å². The number of thiazole rings is 1. The maximum Gasteiger partial charge on any atom is 0.170 e. The number of Topliss-reactive ketones (excluding diaryl/α,β-unsaturated/α-hetero) is 1. The van der Waals surface area contributed by atoms with Gasteiger partial charge in [-0.2, -0.15) is 5.26 Å². The van der Waals surface area contributed by atoms with E-state index in [4.69, 9.17) is 4.74 Å². The van der Waals surface area contributed by atoms with Gasteiger partial charge in [-0.25, -0.2) is 4.98 Å². The van der Waals surface area contributed by atoms with Crippen LogP contribution in [0, 0.1) is 11.3 Å². The molecule has 0 N–H and O–H groups in total. The van der Waals surface area contributed by atoms with E-state index in [0.717, 1.165) is 23.3 Å². The Balaban J connectivity index is 1.77. The number of nitrogens with zero attached hydrogens (tertiary/aromatic N) is 3. The molecule has 21 heavy (non-hydrogen) atoms. The molecule has 1 atom stereocenters. The van der Waals surface area contributed by atoms with E-state index in [2.05, 4.69) is 11.1 Å². The molecule has 1 aliphatic heterocycles. The molecule has 1 aromatic heterocycles. The van der Waals surface area contributed by atoms with Crippen molar-refractivity contribution in [3.63, 3.8) is 0 Å². The van der Waals surface area contributed by atoms with Crippen molar-refractivity contribution < 1.29 is 9.53 Å². The molecule has 0 aliphatic carbocycles. The van der Waals surface area contributed by atoms with Crippen LogP contribution in [0.3, 0.4) is 0 Å². The van der Waals surface area contributed by atoms with E-state index in [1.165, 1.54) is 11.3 Å². The van der Waals surface area contributed by atoms with Gasteiger partial charge >= 0.3 is 0 Å². The molecule has 6 heteroatoms. The van der Waals surface area contributed by atoms with Gasteiger partial charge in [-0.3, -0.25) is 9.69 Å². The van der Waals surface area contributed by atoms with Crippen molar-refractivity contribution >= 4 is 27.3 Å². The number of rotatable bonds is 4. The number of morpholine rings is 1. The lowest BCUT2D eigenvalue weighted by molar-refractivity contribution is -0.121. The number of fused-ring (bicyclic) bond motifs is 1. The van der Waals surface area contributed by atoms with Crippen LogP contribution in [0.5, 0.6) is 0 Å². The highest BCUT2D eigenvalue weighted by Crippen LogP contribution is 2.27. The standard InChI is InChI=1S/C15H15N3O2S/c16-9-11(13(19)10-18-5-7-20-8-6-18)15-17-12-3-1-2-4-14(12)21-15/h1-4,11H,5-8,10H2/t11-/m0/s1. The topological polar surface area (TPSA) is 66.2 Å². The lowest BCUT2D eigenvalue weighted by Crippen LogP contribution is -2.40. The van der Waals surface area contributed by atoms with Crippen LogP contribution in [-0.2, 0) is 9.53 Å². The predicted molar refractivity (Wildman–Crippen MR) is 80.2 cm³/mol. The first-order chi connectivity index (χ1) is 10.3. The van der Waals surface area contributed by atoms with Crippen molar-refractivity contribution in [1.29, 1.82) is 5.26 Å². The molecular formula is C15H15N3O2S. The largest absolute Gasteiger partial charge is 0.379 e. The van der Waals surface area contributed by atoms with Crippen LogP contribution in [0.15, 0.2) is 24.3 Å². The van der Waals surface area contributed by atoms with Gasteiger partial charge in [-0.05, 0) is 12.1 Å². The minimum Gasteiger partial charge on any atom is -0.379 e. The first-order valence-electron chi connectivity index (χ1n) is 6.86. The van der Waals surface area contributed by atoms with E-state index in [-0.39, 0.29) is 12.3 Å². The van der Waals surface area contributed by atoms with Crippen LogP contribution in [0.2, 0.25) is 0 Å². The summed E-state index contributed by atoms with van der Waals surface area (Å²) in [4.78, 5) is 18.8. The Morgan fingerprint density at radius 1 is 1.43 bits per heavy atom. The van der Waals surface area contributed by atoms with Gasteiger partial charge in [0.25, 0.3) is 0 Å². The van der Waals surface area contributed by atoms with E-state index in [0.29, 0.717) is 18.2 Å². The van der Waals surface area contributed by atoms with Crippen LogP contribution in [-0.4, -0.2) is 48.5 Å². The van der Waals surface area contributed by atoms with Crippen molar-refractivity contribution in [3.8, 4) is 6.07 Å². The van der Waals surface area contributed by atoms with Gasteiger partial charge < -0.3 is 4.74 Å². The number of para-hydroxylation sites is 1. The number of hydrogen-bond donors (Lipinski definition) is 0. The van der Waals surface area contributed by atoms with E-state index >= 15 is 0 Å². The van der Waals surface area contributed by atoms with Crippen molar-refractivity contribution in [1.82, 2.24) is 9.88 Å². The van der Waals surface area contributed by atoms with Crippen molar-refractivity contribution in [2.75, 3.05) is 32.8 Å². The zero-order chi connectivity index (χ0) is 14.7. The van der Waals surface area contributed by atoms with Gasteiger partial charge in [-0.15, -0.1) is 11.3 Å². The fraction of sp³-hybridized carbons (Fsp3) is 0.400.